The second-order valence-electron chi connectivity index (χ2n) is 6.11. The molecule has 0 saturated heterocycles. The number of benzene rings is 3. The summed E-state index contributed by atoms with van der Waals surface area (Å²) in [6.45, 7) is 1.38. The zero-order chi connectivity index (χ0) is 16.9. The summed E-state index contributed by atoms with van der Waals surface area (Å²) in [4.78, 5) is 4.18. The highest BCUT2D eigenvalue weighted by molar-refractivity contribution is 5.74. The van der Waals surface area contributed by atoms with Crippen LogP contribution in [0, 0.1) is 0 Å². The van der Waals surface area contributed by atoms with Crippen molar-refractivity contribution in [2.24, 2.45) is 4.99 Å². The van der Waals surface area contributed by atoms with Crippen molar-refractivity contribution in [3.05, 3.63) is 78.9 Å². The predicted octanol–water partition coefficient (Wildman–Crippen LogP) is 4.40. The van der Waals surface area contributed by atoms with Crippen LogP contribution in [0.2, 0.25) is 0 Å². The summed E-state index contributed by atoms with van der Waals surface area (Å²) in [5.74, 6) is 0.906. The number of hydrogen-bond acceptors (Lipinski definition) is 3. The van der Waals surface area contributed by atoms with E-state index < -0.39 is 0 Å². The van der Waals surface area contributed by atoms with Gasteiger partial charge in [0.2, 0.25) is 0 Å². The Morgan fingerprint density at radius 1 is 0.800 bits per heavy atom. The highest BCUT2D eigenvalue weighted by Crippen LogP contribution is 2.31. The topological polar surface area (TPSA) is 33.6 Å². The largest absolute Gasteiger partial charge is 0.491 e. The Bertz CT molecular complexity index is 849. The van der Waals surface area contributed by atoms with Crippen LogP contribution in [0.3, 0.4) is 0 Å². The number of rotatable bonds is 5. The van der Waals surface area contributed by atoms with E-state index in [1.165, 1.54) is 11.1 Å². The molecule has 25 heavy (non-hydrogen) atoms. The summed E-state index contributed by atoms with van der Waals surface area (Å²) in [6, 6.07) is 27.5. The smallest absolute Gasteiger partial charge is 0.127 e. The Hall–Kier alpha value is -3.07. The van der Waals surface area contributed by atoms with E-state index in [9.17, 15) is 0 Å². The molecule has 124 valence electrons. The monoisotopic (exact) mass is 328 g/mol. The molecule has 0 bridgehead atoms. The van der Waals surface area contributed by atoms with E-state index in [1.54, 1.807) is 6.34 Å². The first-order chi connectivity index (χ1) is 12.4. The molecule has 1 unspecified atom stereocenters. The van der Waals surface area contributed by atoms with Gasteiger partial charge in [0.1, 0.15) is 12.4 Å². The molecule has 3 nitrogen and oxygen atoms in total. The zero-order valence-electron chi connectivity index (χ0n) is 13.9. The van der Waals surface area contributed by atoms with Gasteiger partial charge >= 0.3 is 0 Å². The van der Waals surface area contributed by atoms with Crippen LogP contribution in [0.1, 0.15) is 0 Å². The van der Waals surface area contributed by atoms with Crippen LogP contribution in [0.25, 0.3) is 22.3 Å². The zero-order valence-corrected chi connectivity index (χ0v) is 13.9. The minimum absolute atomic E-state index is 0.258. The molecule has 1 atom stereocenters. The molecule has 0 radical (unpaired) electrons. The minimum atomic E-state index is 0.258. The molecular formula is C22H20N2O. The molecule has 0 saturated carbocycles. The Labute approximate surface area is 148 Å². The predicted molar refractivity (Wildman–Crippen MR) is 103 cm³/mol. The average molecular weight is 328 g/mol. The highest BCUT2D eigenvalue weighted by Gasteiger charge is 2.13. The number of aliphatic imine (C=N–C) groups is 1. The van der Waals surface area contributed by atoms with Crippen LogP contribution in [0.5, 0.6) is 5.75 Å². The van der Waals surface area contributed by atoms with E-state index in [0.717, 1.165) is 23.4 Å². The second-order valence-corrected chi connectivity index (χ2v) is 6.11. The number of para-hydroxylation sites is 1. The summed E-state index contributed by atoms with van der Waals surface area (Å²) < 4.78 is 6.05. The molecule has 0 aliphatic carbocycles. The van der Waals surface area contributed by atoms with E-state index in [4.69, 9.17) is 4.74 Å². The van der Waals surface area contributed by atoms with Crippen LogP contribution in [0.15, 0.2) is 83.9 Å². The number of hydrogen-bond donors (Lipinski definition) is 1. The first-order valence-electron chi connectivity index (χ1n) is 8.52. The lowest BCUT2D eigenvalue weighted by Gasteiger charge is -2.15. The molecule has 3 aromatic carbocycles. The van der Waals surface area contributed by atoms with Gasteiger partial charge in [-0.1, -0.05) is 72.8 Å². The van der Waals surface area contributed by atoms with Crippen molar-refractivity contribution in [2.45, 2.75) is 6.04 Å². The van der Waals surface area contributed by atoms with Gasteiger partial charge in [-0.05, 0) is 22.8 Å². The van der Waals surface area contributed by atoms with Crippen molar-refractivity contribution in [2.75, 3.05) is 13.2 Å². The highest BCUT2D eigenvalue weighted by atomic mass is 16.5. The van der Waals surface area contributed by atoms with Gasteiger partial charge in [-0.25, -0.2) is 0 Å². The Morgan fingerprint density at radius 3 is 2.24 bits per heavy atom. The first kappa shape index (κ1) is 15.5. The molecule has 3 aromatic rings. The van der Waals surface area contributed by atoms with Gasteiger partial charge in [0.25, 0.3) is 0 Å². The van der Waals surface area contributed by atoms with E-state index in [0.29, 0.717) is 6.61 Å². The third-order valence-electron chi connectivity index (χ3n) is 4.36. The summed E-state index contributed by atoms with van der Waals surface area (Å²) in [5, 5.41) is 3.20. The second kappa shape index (κ2) is 7.22. The van der Waals surface area contributed by atoms with Crippen LogP contribution in [-0.2, 0) is 0 Å². The summed E-state index contributed by atoms with van der Waals surface area (Å²) >= 11 is 0. The van der Waals surface area contributed by atoms with Crippen molar-refractivity contribution in [3.8, 4) is 28.0 Å². The van der Waals surface area contributed by atoms with E-state index in [-0.39, 0.29) is 6.04 Å². The lowest BCUT2D eigenvalue weighted by molar-refractivity contribution is 0.287. The lowest BCUT2D eigenvalue weighted by Crippen LogP contribution is -2.31. The SMILES string of the molecule is C1=NCC(COc2ccccc2-c2ccc(-c3ccccc3)cc2)N1. The third-order valence-corrected chi connectivity index (χ3v) is 4.36. The first-order valence-corrected chi connectivity index (χ1v) is 8.52. The normalized spacial score (nSPS) is 15.8. The van der Waals surface area contributed by atoms with Gasteiger partial charge in [-0.2, -0.15) is 0 Å². The van der Waals surface area contributed by atoms with Crippen molar-refractivity contribution in [1.82, 2.24) is 5.32 Å². The maximum atomic E-state index is 6.05. The van der Waals surface area contributed by atoms with Crippen molar-refractivity contribution in [3.63, 3.8) is 0 Å². The summed E-state index contributed by atoms with van der Waals surface area (Å²) in [5.41, 5.74) is 4.72. The Kier molecular flexibility index (Phi) is 4.46. The number of nitrogens with zero attached hydrogens (tertiary/aromatic N) is 1. The maximum absolute atomic E-state index is 6.05. The van der Waals surface area contributed by atoms with Crippen LogP contribution < -0.4 is 10.1 Å². The van der Waals surface area contributed by atoms with Gasteiger partial charge in [-0.3, -0.25) is 4.99 Å². The Morgan fingerprint density at radius 2 is 1.48 bits per heavy atom. The van der Waals surface area contributed by atoms with Crippen molar-refractivity contribution >= 4 is 6.34 Å². The van der Waals surface area contributed by atoms with Gasteiger partial charge < -0.3 is 10.1 Å². The van der Waals surface area contributed by atoms with Gasteiger partial charge in [0, 0.05) is 5.56 Å². The summed E-state index contributed by atoms with van der Waals surface area (Å²) in [6.07, 6.45) is 1.75. The fourth-order valence-electron chi connectivity index (χ4n) is 2.99. The quantitative estimate of drug-likeness (QED) is 0.753. The molecular weight excluding hydrogens is 308 g/mol. The van der Waals surface area contributed by atoms with Crippen molar-refractivity contribution in [1.29, 1.82) is 0 Å². The molecule has 1 aliphatic heterocycles. The standard InChI is InChI=1S/C22H20N2O/c1-2-6-17(7-3-1)18-10-12-19(13-11-18)21-8-4-5-9-22(21)25-15-20-14-23-16-24-20/h1-13,16,20H,14-15H2,(H,23,24). The molecule has 3 heteroatoms. The van der Waals surface area contributed by atoms with Crippen LogP contribution >= 0.6 is 0 Å². The van der Waals surface area contributed by atoms with Crippen molar-refractivity contribution < 1.29 is 4.74 Å². The van der Waals surface area contributed by atoms with E-state index in [2.05, 4.69) is 64.9 Å². The molecule has 0 aromatic heterocycles. The number of nitrogens with one attached hydrogen (secondary N) is 1. The fourth-order valence-corrected chi connectivity index (χ4v) is 2.99. The van der Waals surface area contributed by atoms with Gasteiger partial charge in [0.05, 0.1) is 18.9 Å². The van der Waals surface area contributed by atoms with E-state index in [1.807, 2.05) is 24.3 Å². The van der Waals surface area contributed by atoms with Gasteiger partial charge in [0.15, 0.2) is 0 Å². The van der Waals surface area contributed by atoms with Gasteiger partial charge in [-0.15, -0.1) is 0 Å². The molecule has 4 rings (SSSR count). The maximum Gasteiger partial charge on any atom is 0.127 e. The molecule has 0 fully saturated rings. The lowest BCUT2D eigenvalue weighted by atomic mass is 10.00. The molecule has 0 amide bonds. The number of ether oxygens (including phenoxy) is 1. The fraction of sp³-hybridized carbons (Fsp3) is 0.136. The molecule has 1 aliphatic rings. The molecule has 1 heterocycles. The molecule has 1 N–H and O–H groups in total. The summed E-state index contributed by atoms with van der Waals surface area (Å²) in [7, 11) is 0. The minimum Gasteiger partial charge on any atom is -0.491 e. The average Bonchev–Trinajstić information content (AvgIpc) is 3.21. The van der Waals surface area contributed by atoms with Crippen LogP contribution in [0.4, 0.5) is 0 Å². The van der Waals surface area contributed by atoms with E-state index >= 15 is 0 Å². The third kappa shape index (κ3) is 3.56. The Balaban J connectivity index is 1.55. The molecule has 0 spiro atoms. The van der Waals surface area contributed by atoms with Crippen LogP contribution in [-0.4, -0.2) is 25.5 Å².